The van der Waals surface area contributed by atoms with Crippen LogP contribution in [0.3, 0.4) is 0 Å². The zero-order valence-electron chi connectivity index (χ0n) is 11.0. The molecule has 0 amide bonds. The molecule has 0 aliphatic carbocycles. The Morgan fingerprint density at radius 2 is 2.32 bits per heavy atom. The molecule has 0 bridgehead atoms. The molecule has 1 saturated heterocycles. The highest BCUT2D eigenvalue weighted by molar-refractivity contribution is 7.89. The maximum absolute atomic E-state index is 12.3. The first kappa shape index (κ1) is 14.9. The summed E-state index contributed by atoms with van der Waals surface area (Å²) >= 11 is 1.31. The third-order valence-corrected chi connectivity index (χ3v) is 5.99. The van der Waals surface area contributed by atoms with Gasteiger partial charge < -0.3 is 9.84 Å². The highest BCUT2D eigenvalue weighted by Crippen LogP contribution is 2.26. The molecule has 1 aromatic rings. The average molecular weight is 305 g/mol. The lowest BCUT2D eigenvalue weighted by Crippen LogP contribution is -2.41. The van der Waals surface area contributed by atoms with Gasteiger partial charge in [0.05, 0.1) is 17.6 Å². The van der Waals surface area contributed by atoms with E-state index in [0.717, 1.165) is 0 Å². The molecule has 1 aliphatic heterocycles. The summed E-state index contributed by atoms with van der Waals surface area (Å²) in [4.78, 5) is 1.65. The van der Waals surface area contributed by atoms with Gasteiger partial charge in [0.15, 0.2) is 0 Å². The van der Waals surface area contributed by atoms with Gasteiger partial charge in [-0.25, -0.2) is 13.1 Å². The number of aliphatic hydroxyl groups is 1. The number of aliphatic hydroxyl groups excluding tert-OH is 1. The summed E-state index contributed by atoms with van der Waals surface area (Å²) < 4.78 is 32.8. The maximum atomic E-state index is 12.3. The van der Waals surface area contributed by atoms with Crippen molar-refractivity contribution < 1.29 is 18.3 Å². The Labute approximate surface area is 117 Å². The van der Waals surface area contributed by atoms with Gasteiger partial charge in [0.2, 0.25) is 10.0 Å². The Bertz CT molecular complexity index is 538. The van der Waals surface area contributed by atoms with E-state index in [-0.39, 0.29) is 23.6 Å². The van der Waals surface area contributed by atoms with E-state index in [1.54, 1.807) is 13.0 Å². The van der Waals surface area contributed by atoms with Crippen LogP contribution in [0, 0.1) is 6.92 Å². The Hall–Kier alpha value is -0.470. The first-order valence-electron chi connectivity index (χ1n) is 6.26. The van der Waals surface area contributed by atoms with E-state index >= 15 is 0 Å². The van der Waals surface area contributed by atoms with Gasteiger partial charge in [0.1, 0.15) is 0 Å². The summed E-state index contributed by atoms with van der Waals surface area (Å²) in [5, 5.41) is 9.08. The standard InChI is InChI=1S/C12H19NO4S2/c1-8-5-10(3-4-17-8)13-19(15,16)12-6-11(7-14)18-9(12)2/h6,8,10,13-14H,3-5,7H2,1-2H3. The van der Waals surface area contributed by atoms with Gasteiger partial charge in [-0.3, -0.25) is 0 Å². The van der Waals surface area contributed by atoms with Crippen LogP contribution in [-0.4, -0.2) is 32.3 Å². The maximum Gasteiger partial charge on any atom is 0.241 e. The van der Waals surface area contributed by atoms with Crippen LogP contribution in [-0.2, 0) is 21.4 Å². The molecule has 0 aromatic carbocycles. The first-order valence-corrected chi connectivity index (χ1v) is 8.56. The lowest BCUT2D eigenvalue weighted by atomic mass is 10.1. The molecule has 2 atom stereocenters. The molecule has 2 N–H and O–H groups in total. The number of hydrogen-bond donors (Lipinski definition) is 2. The number of sulfonamides is 1. The molecule has 1 aliphatic rings. The van der Waals surface area contributed by atoms with Gasteiger partial charge in [-0.05, 0) is 32.8 Å². The normalized spacial score (nSPS) is 24.6. The lowest BCUT2D eigenvalue weighted by Gasteiger charge is -2.27. The zero-order valence-corrected chi connectivity index (χ0v) is 12.7. The van der Waals surface area contributed by atoms with Crippen molar-refractivity contribution in [2.24, 2.45) is 0 Å². The zero-order chi connectivity index (χ0) is 14.0. The van der Waals surface area contributed by atoms with Gasteiger partial charge in [-0.15, -0.1) is 11.3 Å². The third kappa shape index (κ3) is 3.55. The number of nitrogens with one attached hydrogen (secondary N) is 1. The van der Waals surface area contributed by atoms with Crippen molar-refractivity contribution in [2.45, 2.75) is 50.3 Å². The fourth-order valence-electron chi connectivity index (χ4n) is 2.26. The van der Waals surface area contributed by atoms with Gasteiger partial charge in [-0.1, -0.05) is 0 Å². The van der Waals surface area contributed by atoms with Crippen molar-refractivity contribution in [1.29, 1.82) is 0 Å². The quantitative estimate of drug-likeness (QED) is 0.881. The van der Waals surface area contributed by atoms with E-state index in [4.69, 9.17) is 9.84 Å². The van der Waals surface area contributed by atoms with E-state index in [1.165, 1.54) is 11.3 Å². The molecule has 108 valence electrons. The van der Waals surface area contributed by atoms with Crippen molar-refractivity contribution in [3.05, 3.63) is 15.8 Å². The molecule has 2 heterocycles. The fraction of sp³-hybridized carbons (Fsp3) is 0.667. The average Bonchev–Trinajstić information content (AvgIpc) is 2.71. The van der Waals surface area contributed by atoms with Crippen molar-refractivity contribution in [1.82, 2.24) is 4.72 Å². The van der Waals surface area contributed by atoms with Gasteiger partial charge >= 0.3 is 0 Å². The topological polar surface area (TPSA) is 75.6 Å². The van der Waals surface area contributed by atoms with E-state index in [1.807, 2.05) is 6.92 Å². The first-order chi connectivity index (χ1) is 8.92. The molecule has 7 heteroatoms. The molecule has 0 saturated carbocycles. The number of aryl methyl sites for hydroxylation is 1. The van der Waals surface area contributed by atoms with E-state index in [2.05, 4.69) is 4.72 Å². The van der Waals surface area contributed by atoms with Crippen LogP contribution in [0.5, 0.6) is 0 Å². The molecule has 1 aromatic heterocycles. The minimum Gasteiger partial charge on any atom is -0.391 e. The van der Waals surface area contributed by atoms with E-state index in [9.17, 15) is 8.42 Å². The van der Waals surface area contributed by atoms with Crippen LogP contribution in [0.2, 0.25) is 0 Å². The Kier molecular flexibility index (Phi) is 4.62. The van der Waals surface area contributed by atoms with Gasteiger partial charge in [0.25, 0.3) is 0 Å². The SMILES string of the molecule is Cc1sc(CO)cc1S(=O)(=O)NC1CCOC(C)C1. The predicted molar refractivity (Wildman–Crippen MR) is 73.7 cm³/mol. The molecular weight excluding hydrogens is 286 g/mol. The molecule has 5 nitrogen and oxygen atoms in total. The molecule has 0 spiro atoms. The fourth-order valence-corrected chi connectivity index (χ4v) is 5.04. The van der Waals surface area contributed by atoms with Crippen LogP contribution in [0.4, 0.5) is 0 Å². The largest absolute Gasteiger partial charge is 0.391 e. The summed E-state index contributed by atoms with van der Waals surface area (Å²) in [6.07, 6.45) is 1.47. The number of hydrogen-bond acceptors (Lipinski definition) is 5. The highest BCUT2D eigenvalue weighted by Gasteiger charge is 2.27. The smallest absolute Gasteiger partial charge is 0.241 e. The summed E-state index contributed by atoms with van der Waals surface area (Å²) in [5.74, 6) is 0. The number of ether oxygens (including phenoxy) is 1. The van der Waals surface area contributed by atoms with Gasteiger partial charge in [-0.2, -0.15) is 0 Å². The second-order valence-corrected chi connectivity index (χ2v) is 7.84. The summed E-state index contributed by atoms with van der Waals surface area (Å²) in [6.45, 7) is 4.15. The Balaban J connectivity index is 2.15. The van der Waals surface area contributed by atoms with Crippen molar-refractivity contribution >= 4 is 21.4 Å². The molecule has 1 fully saturated rings. The van der Waals surface area contributed by atoms with Crippen LogP contribution in [0.15, 0.2) is 11.0 Å². The minimum atomic E-state index is -3.51. The van der Waals surface area contributed by atoms with E-state index < -0.39 is 10.0 Å². The molecular formula is C12H19NO4S2. The highest BCUT2D eigenvalue weighted by atomic mass is 32.2. The van der Waals surface area contributed by atoms with Crippen molar-refractivity contribution in [3.8, 4) is 0 Å². The predicted octanol–water partition coefficient (Wildman–Crippen LogP) is 1.39. The molecule has 19 heavy (non-hydrogen) atoms. The summed E-state index contributed by atoms with van der Waals surface area (Å²) in [5.41, 5.74) is 0. The van der Waals surface area contributed by atoms with Crippen LogP contribution >= 0.6 is 11.3 Å². The molecule has 0 radical (unpaired) electrons. The number of thiophene rings is 1. The van der Waals surface area contributed by atoms with Crippen LogP contribution < -0.4 is 4.72 Å². The Morgan fingerprint density at radius 1 is 1.58 bits per heavy atom. The second-order valence-electron chi connectivity index (χ2n) is 4.82. The van der Waals surface area contributed by atoms with E-state index in [0.29, 0.717) is 29.2 Å². The van der Waals surface area contributed by atoms with Crippen molar-refractivity contribution in [2.75, 3.05) is 6.61 Å². The van der Waals surface area contributed by atoms with Gasteiger partial charge in [0, 0.05) is 22.4 Å². The number of rotatable bonds is 4. The van der Waals surface area contributed by atoms with Crippen LogP contribution in [0.25, 0.3) is 0 Å². The Morgan fingerprint density at radius 3 is 2.89 bits per heavy atom. The minimum absolute atomic E-state index is 0.0781. The monoisotopic (exact) mass is 305 g/mol. The van der Waals surface area contributed by atoms with Crippen molar-refractivity contribution in [3.63, 3.8) is 0 Å². The second kappa shape index (κ2) is 5.88. The molecule has 2 unspecified atom stereocenters. The summed E-state index contributed by atoms with van der Waals surface area (Å²) in [7, 11) is -3.51. The summed E-state index contributed by atoms with van der Waals surface area (Å²) in [6, 6.07) is 1.47. The molecule has 2 rings (SSSR count). The van der Waals surface area contributed by atoms with Crippen LogP contribution in [0.1, 0.15) is 29.5 Å². The lowest BCUT2D eigenvalue weighted by molar-refractivity contribution is 0.0173. The third-order valence-electron chi connectivity index (χ3n) is 3.18.